The molecule has 1 aliphatic rings. The lowest BCUT2D eigenvalue weighted by Crippen LogP contribution is -2.36. The van der Waals surface area contributed by atoms with Crippen molar-refractivity contribution in [1.29, 1.82) is 0 Å². The van der Waals surface area contributed by atoms with Crippen LogP contribution in [0, 0.1) is 5.92 Å². The molecule has 1 heterocycles. The summed E-state index contributed by atoms with van der Waals surface area (Å²) in [5.41, 5.74) is 0. The minimum atomic E-state index is -1.04. The third-order valence-corrected chi connectivity index (χ3v) is 3.08. The van der Waals surface area contributed by atoms with Gasteiger partial charge >= 0.3 is 5.97 Å². The average molecular weight is 239 g/mol. The lowest BCUT2D eigenvalue weighted by molar-refractivity contribution is 0.0264. The number of rotatable bonds is 5. The normalized spacial score (nSPS) is 23.7. The van der Waals surface area contributed by atoms with Crippen LogP contribution in [0.5, 0.6) is 0 Å². The Morgan fingerprint density at radius 3 is 2.76 bits per heavy atom. The first kappa shape index (κ1) is 12.1. The lowest BCUT2D eigenvalue weighted by Gasteiger charge is -2.34. The van der Waals surface area contributed by atoms with Crippen LogP contribution in [-0.4, -0.2) is 40.8 Å². The summed E-state index contributed by atoms with van der Waals surface area (Å²) in [6, 6.07) is 3.16. The zero-order chi connectivity index (χ0) is 12.4. The van der Waals surface area contributed by atoms with Gasteiger partial charge in [-0.2, -0.15) is 0 Å². The molecule has 1 aromatic rings. The summed E-state index contributed by atoms with van der Waals surface area (Å²) in [6.07, 6.45) is 1.60. The second-order valence-corrected chi connectivity index (χ2v) is 4.76. The Bertz CT molecular complexity index is 395. The van der Waals surface area contributed by atoms with Crippen molar-refractivity contribution >= 4 is 5.97 Å². The topological polar surface area (TPSA) is 73.9 Å². The van der Waals surface area contributed by atoms with E-state index in [1.807, 2.05) is 7.05 Å². The molecule has 1 fully saturated rings. The highest BCUT2D eigenvalue weighted by Gasteiger charge is 2.28. The number of carbonyl (C=O) groups is 1. The largest absolute Gasteiger partial charge is 0.475 e. The maximum absolute atomic E-state index is 10.6. The number of nitrogens with zero attached hydrogens (tertiary/aromatic N) is 1. The fourth-order valence-corrected chi connectivity index (χ4v) is 2.20. The standard InChI is InChI=1S/C12H17NO4/c1-13(6-8-4-9(14)5-8)7-10-2-3-11(17-10)12(15)16/h2-3,8-9,14H,4-7H2,1H3,(H,15,16). The van der Waals surface area contributed by atoms with Gasteiger partial charge in [-0.25, -0.2) is 4.79 Å². The number of aliphatic hydroxyl groups excluding tert-OH is 1. The smallest absolute Gasteiger partial charge is 0.371 e. The second kappa shape index (κ2) is 4.89. The number of aliphatic hydroxyl groups is 1. The molecule has 1 aliphatic carbocycles. The Morgan fingerprint density at radius 1 is 1.53 bits per heavy atom. The predicted octanol–water partition coefficient (Wildman–Crippen LogP) is 1.18. The van der Waals surface area contributed by atoms with Crippen molar-refractivity contribution in [3.8, 4) is 0 Å². The van der Waals surface area contributed by atoms with Crippen molar-refractivity contribution < 1.29 is 19.4 Å². The van der Waals surface area contributed by atoms with E-state index in [2.05, 4.69) is 4.90 Å². The molecule has 0 aromatic carbocycles. The molecule has 0 amide bonds. The van der Waals surface area contributed by atoms with Gasteiger partial charge in [0.25, 0.3) is 0 Å². The molecule has 0 aliphatic heterocycles. The van der Waals surface area contributed by atoms with E-state index in [4.69, 9.17) is 9.52 Å². The van der Waals surface area contributed by atoms with Gasteiger partial charge in [0, 0.05) is 6.54 Å². The number of aromatic carboxylic acids is 1. The van der Waals surface area contributed by atoms with Crippen LogP contribution in [0.2, 0.25) is 0 Å². The lowest BCUT2D eigenvalue weighted by atomic mass is 9.82. The van der Waals surface area contributed by atoms with Crippen LogP contribution in [0.25, 0.3) is 0 Å². The minimum Gasteiger partial charge on any atom is -0.475 e. The summed E-state index contributed by atoms with van der Waals surface area (Å²) in [4.78, 5) is 12.7. The van der Waals surface area contributed by atoms with Crippen LogP contribution < -0.4 is 0 Å². The van der Waals surface area contributed by atoms with E-state index in [1.54, 1.807) is 6.07 Å². The zero-order valence-electron chi connectivity index (χ0n) is 9.80. The molecular weight excluding hydrogens is 222 g/mol. The van der Waals surface area contributed by atoms with Gasteiger partial charge in [0.2, 0.25) is 5.76 Å². The molecule has 17 heavy (non-hydrogen) atoms. The maximum atomic E-state index is 10.6. The molecule has 1 aromatic heterocycles. The van der Waals surface area contributed by atoms with Crippen LogP contribution >= 0.6 is 0 Å². The monoisotopic (exact) mass is 239 g/mol. The third-order valence-electron chi connectivity index (χ3n) is 3.08. The van der Waals surface area contributed by atoms with E-state index >= 15 is 0 Å². The average Bonchev–Trinajstić information content (AvgIpc) is 2.63. The van der Waals surface area contributed by atoms with E-state index in [1.165, 1.54) is 6.07 Å². The van der Waals surface area contributed by atoms with E-state index in [-0.39, 0.29) is 11.9 Å². The highest BCUT2D eigenvalue weighted by molar-refractivity contribution is 5.84. The number of furan rings is 1. The molecule has 0 spiro atoms. The predicted molar refractivity (Wildman–Crippen MR) is 60.7 cm³/mol. The Balaban J connectivity index is 1.81. The molecule has 5 heteroatoms. The maximum Gasteiger partial charge on any atom is 0.371 e. The van der Waals surface area contributed by atoms with Crippen LogP contribution in [0.4, 0.5) is 0 Å². The van der Waals surface area contributed by atoms with Gasteiger partial charge in [-0.3, -0.25) is 4.90 Å². The number of hydrogen-bond acceptors (Lipinski definition) is 4. The quantitative estimate of drug-likeness (QED) is 0.807. The van der Waals surface area contributed by atoms with Crippen molar-refractivity contribution in [2.45, 2.75) is 25.5 Å². The van der Waals surface area contributed by atoms with Crippen LogP contribution in [0.15, 0.2) is 16.5 Å². The molecule has 0 atom stereocenters. The number of carboxylic acids is 1. The van der Waals surface area contributed by atoms with Gasteiger partial charge in [0.05, 0.1) is 12.6 Å². The molecule has 5 nitrogen and oxygen atoms in total. The summed E-state index contributed by atoms with van der Waals surface area (Å²) < 4.78 is 5.18. The molecule has 1 saturated carbocycles. The van der Waals surface area contributed by atoms with Gasteiger partial charge in [-0.1, -0.05) is 0 Å². The van der Waals surface area contributed by atoms with Crippen molar-refractivity contribution in [2.75, 3.05) is 13.6 Å². The SMILES string of the molecule is CN(Cc1ccc(C(=O)O)o1)CC1CC(O)C1. The molecule has 94 valence electrons. The Morgan fingerprint density at radius 2 is 2.24 bits per heavy atom. The van der Waals surface area contributed by atoms with Crippen molar-refractivity contribution in [1.82, 2.24) is 4.90 Å². The molecule has 2 N–H and O–H groups in total. The summed E-state index contributed by atoms with van der Waals surface area (Å²) in [6.45, 7) is 1.50. The van der Waals surface area contributed by atoms with E-state index < -0.39 is 5.97 Å². The highest BCUT2D eigenvalue weighted by atomic mass is 16.4. The fraction of sp³-hybridized carbons (Fsp3) is 0.583. The van der Waals surface area contributed by atoms with Crippen LogP contribution in [-0.2, 0) is 6.54 Å². The van der Waals surface area contributed by atoms with E-state index in [9.17, 15) is 9.90 Å². The Kier molecular flexibility index (Phi) is 3.49. The zero-order valence-corrected chi connectivity index (χ0v) is 9.80. The van der Waals surface area contributed by atoms with Gasteiger partial charge in [-0.15, -0.1) is 0 Å². The third kappa shape index (κ3) is 3.08. The van der Waals surface area contributed by atoms with Gasteiger partial charge in [0.1, 0.15) is 5.76 Å². The molecule has 0 radical (unpaired) electrons. The highest BCUT2D eigenvalue weighted by Crippen LogP contribution is 2.27. The summed E-state index contributed by atoms with van der Waals surface area (Å²) in [7, 11) is 1.97. The van der Waals surface area contributed by atoms with Gasteiger partial charge in [0.15, 0.2) is 0 Å². The minimum absolute atomic E-state index is 0.0209. The fourth-order valence-electron chi connectivity index (χ4n) is 2.20. The first-order valence-electron chi connectivity index (χ1n) is 5.73. The summed E-state index contributed by atoms with van der Waals surface area (Å²) in [5, 5.41) is 17.9. The van der Waals surface area contributed by atoms with E-state index in [0.29, 0.717) is 18.2 Å². The molecule has 0 saturated heterocycles. The van der Waals surface area contributed by atoms with E-state index in [0.717, 1.165) is 19.4 Å². The van der Waals surface area contributed by atoms with Crippen molar-refractivity contribution in [3.05, 3.63) is 23.7 Å². The van der Waals surface area contributed by atoms with Crippen LogP contribution in [0.1, 0.15) is 29.2 Å². The first-order chi connectivity index (χ1) is 8.04. The van der Waals surface area contributed by atoms with Gasteiger partial charge in [-0.05, 0) is 37.9 Å². The van der Waals surface area contributed by atoms with Crippen molar-refractivity contribution in [2.24, 2.45) is 5.92 Å². The summed E-state index contributed by atoms with van der Waals surface area (Å²) in [5.74, 6) is 0.141. The van der Waals surface area contributed by atoms with Gasteiger partial charge < -0.3 is 14.6 Å². The first-order valence-corrected chi connectivity index (χ1v) is 5.73. The molecule has 0 unspecified atom stereocenters. The molecular formula is C12H17NO4. The number of carboxylic acid groups (broad SMARTS) is 1. The van der Waals surface area contributed by atoms with Crippen LogP contribution in [0.3, 0.4) is 0 Å². The Labute approximate surface area is 99.6 Å². The summed E-state index contributed by atoms with van der Waals surface area (Å²) >= 11 is 0. The second-order valence-electron chi connectivity index (χ2n) is 4.76. The van der Waals surface area contributed by atoms with Crippen molar-refractivity contribution in [3.63, 3.8) is 0 Å². The Hall–Kier alpha value is -1.33. The molecule has 2 rings (SSSR count). The number of hydrogen-bond donors (Lipinski definition) is 2. The molecule has 0 bridgehead atoms.